The maximum absolute atomic E-state index is 6.22. The van der Waals surface area contributed by atoms with Crippen LogP contribution in [0.5, 0.6) is 0 Å². The van der Waals surface area contributed by atoms with Gasteiger partial charge in [-0.15, -0.1) is 0 Å². The van der Waals surface area contributed by atoms with E-state index in [1.165, 1.54) is 0 Å². The molecule has 3 heterocycles. The number of hydrogen-bond acceptors (Lipinski definition) is 5. The lowest BCUT2D eigenvalue weighted by Gasteiger charge is -2.45. The van der Waals surface area contributed by atoms with Gasteiger partial charge in [0.1, 0.15) is 24.4 Å². The third kappa shape index (κ3) is 3.10. The second-order valence-corrected chi connectivity index (χ2v) is 6.57. The van der Waals surface area contributed by atoms with Gasteiger partial charge in [-0.05, 0) is 0 Å². The standard InChI is InChI=1S/C20H20O5/c1-3-7-13(8-4-1)19-22-12-16-18(24-19)17(15-11-21-15)25-20(23-16)14-9-5-2-6-10-14/h1-10,15-20H,11-12H2/t15-,16+,17-,18-,19?,20?/m1/s1. The lowest BCUT2D eigenvalue weighted by atomic mass is 10.0. The Labute approximate surface area is 146 Å². The van der Waals surface area contributed by atoms with Crippen LogP contribution in [0.4, 0.5) is 0 Å². The highest BCUT2D eigenvalue weighted by molar-refractivity contribution is 5.18. The minimum absolute atomic E-state index is 0.0668. The molecule has 0 aromatic heterocycles. The molecule has 0 bridgehead atoms. The molecule has 130 valence electrons. The lowest BCUT2D eigenvalue weighted by Crippen LogP contribution is -2.56. The quantitative estimate of drug-likeness (QED) is 0.804. The average Bonchev–Trinajstić information content (AvgIpc) is 3.53. The fraction of sp³-hybridized carbons (Fsp3) is 0.400. The summed E-state index contributed by atoms with van der Waals surface area (Å²) in [6.45, 7) is 1.18. The molecule has 25 heavy (non-hydrogen) atoms. The Kier molecular flexibility index (Phi) is 4.04. The molecule has 2 aromatic rings. The summed E-state index contributed by atoms with van der Waals surface area (Å²) in [6, 6.07) is 19.9. The molecular weight excluding hydrogens is 320 g/mol. The number of epoxide rings is 1. The van der Waals surface area contributed by atoms with Crippen molar-refractivity contribution in [3.63, 3.8) is 0 Å². The number of rotatable bonds is 3. The van der Waals surface area contributed by atoms with E-state index in [0.717, 1.165) is 11.1 Å². The van der Waals surface area contributed by atoms with Crippen LogP contribution in [0, 0.1) is 0 Å². The SMILES string of the molecule is c1ccc(C2OC[C@@H]3OC(c4ccccc4)O[C@H]([C@H]4CO4)[C@@H]3O2)cc1. The van der Waals surface area contributed by atoms with Crippen LogP contribution >= 0.6 is 0 Å². The molecule has 5 nitrogen and oxygen atoms in total. The molecule has 3 aliphatic rings. The highest BCUT2D eigenvalue weighted by Gasteiger charge is 2.51. The van der Waals surface area contributed by atoms with Crippen LogP contribution in [0.3, 0.4) is 0 Å². The molecule has 0 radical (unpaired) electrons. The molecule has 0 amide bonds. The Morgan fingerprint density at radius 1 is 0.560 bits per heavy atom. The molecule has 5 heteroatoms. The van der Waals surface area contributed by atoms with Crippen LogP contribution in [0.15, 0.2) is 60.7 Å². The number of ether oxygens (including phenoxy) is 5. The predicted octanol–water partition coefficient (Wildman–Crippen LogP) is 2.98. The first-order chi connectivity index (χ1) is 12.4. The molecule has 5 rings (SSSR count). The third-order valence-corrected chi connectivity index (χ3v) is 4.83. The first kappa shape index (κ1) is 15.5. The van der Waals surface area contributed by atoms with E-state index in [1.807, 2.05) is 60.7 Å². The van der Waals surface area contributed by atoms with Gasteiger partial charge in [-0.3, -0.25) is 0 Å². The lowest BCUT2D eigenvalue weighted by molar-refractivity contribution is -0.365. The largest absolute Gasteiger partial charge is 0.370 e. The van der Waals surface area contributed by atoms with Gasteiger partial charge in [0.05, 0.1) is 13.2 Å². The van der Waals surface area contributed by atoms with E-state index in [9.17, 15) is 0 Å². The first-order valence-electron chi connectivity index (χ1n) is 8.68. The fourth-order valence-corrected chi connectivity index (χ4v) is 3.46. The van der Waals surface area contributed by atoms with Crippen LogP contribution < -0.4 is 0 Å². The summed E-state index contributed by atoms with van der Waals surface area (Å²) in [6.07, 6.45) is -1.28. The maximum atomic E-state index is 6.22. The molecular formula is C20H20O5. The van der Waals surface area contributed by atoms with Gasteiger partial charge in [-0.25, -0.2) is 0 Å². The summed E-state index contributed by atoms with van der Waals surface area (Å²) in [5, 5.41) is 0. The second-order valence-electron chi connectivity index (χ2n) is 6.57. The topological polar surface area (TPSA) is 49.5 Å². The van der Waals surface area contributed by atoms with Crippen molar-refractivity contribution >= 4 is 0 Å². The second kappa shape index (κ2) is 6.52. The molecule has 0 N–H and O–H groups in total. The maximum Gasteiger partial charge on any atom is 0.184 e. The zero-order chi connectivity index (χ0) is 16.6. The van der Waals surface area contributed by atoms with Gasteiger partial charge in [0, 0.05) is 11.1 Å². The van der Waals surface area contributed by atoms with Crippen LogP contribution in [0.1, 0.15) is 23.7 Å². The monoisotopic (exact) mass is 340 g/mol. The van der Waals surface area contributed by atoms with E-state index in [4.69, 9.17) is 23.7 Å². The van der Waals surface area contributed by atoms with Gasteiger partial charge in [-0.1, -0.05) is 60.7 Å². The molecule has 0 aliphatic carbocycles. The Hall–Kier alpha value is -1.76. The van der Waals surface area contributed by atoms with Gasteiger partial charge in [0.15, 0.2) is 12.6 Å². The van der Waals surface area contributed by atoms with E-state index in [-0.39, 0.29) is 24.4 Å². The Morgan fingerprint density at radius 2 is 1.12 bits per heavy atom. The zero-order valence-corrected chi connectivity index (χ0v) is 13.7. The van der Waals surface area contributed by atoms with Crippen LogP contribution in [0.2, 0.25) is 0 Å². The van der Waals surface area contributed by atoms with Crippen LogP contribution in [-0.4, -0.2) is 37.6 Å². The summed E-state index contributed by atoms with van der Waals surface area (Å²) in [4.78, 5) is 0. The van der Waals surface area contributed by atoms with Crippen molar-refractivity contribution in [2.45, 2.75) is 37.0 Å². The van der Waals surface area contributed by atoms with E-state index < -0.39 is 12.6 Å². The smallest absolute Gasteiger partial charge is 0.184 e. The van der Waals surface area contributed by atoms with Gasteiger partial charge in [0.25, 0.3) is 0 Å². The van der Waals surface area contributed by atoms with Gasteiger partial charge >= 0.3 is 0 Å². The summed E-state index contributed by atoms with van der Waals surface area (Å²) in [7, 11) is 0. The van der Waals surface area contributed by atoms with Gasteiger partial charge in [-0.2, -0.15) is 0 Å². The summed E-state index contributed by atoms with van der Waals surface area (Å²) in [5.74, 6) is 0. The van der Waals surface area contributed by atoms with Crippen molar-refractivity contribution in [3.05, 3.63) is 71.8 Å². The summed E-state index contributed by atoms with van der Waals surface area (Å²) >= 11 is 0. The molecule has 6 atom stereocenters. The molecule has 2 unspecified atom stereocenters. The fourth-order valence-electron chi connectivity index (χ4n) is 3.46. The van der Waals surface area contributed by atoms with Crippen LogP contribution in [-0.2, 0) is 23.7 Å². The Bertz CT molecular complexity index is 703. The van der Waals surface area contributed by atoms with E-state index >= 15 is 0 Å². The summed E-state index contributed by atoms with van der Waals surface area (Å²) < 4.78 is 30.0. The number of benzene rings is 2. The normalized spacial score (nSPS) is 37.3. The van der Waals surface area contributed by atoms with Crippen molar-refractivity contribution in [1.82, 2.24) is 0 Å². The number of fused-ring (bicyclic) bond motifs is 1. The minimum Gasteiger partial charge on any atom is -0.370 e. The Balaban J connectivity index is 1.37. The van der Waals surface area contributed by atoms with Gasteiger partial charge in [0.2, 0.25) is 0 Å². The van der Waals surface area contributed by atoms with Crippen molar-refractivity contribution in [1.29, 1.82) is 0 Å². The summed E-state index contributed by atoms with van der Waals surface area (Å²) in [5.41, 5.74) is 2.00. The molecule has 3 aliphatic heterocycles. The Morgan fingerprint density at radius 3 is 1.76 bits per heavy atom. The van der Waals surface area contributed by atoms with Crippen molar-refractivity contribution < 1.29 is 23.7 Å². The zero-order valence-electron chi connectivity index (χ0n) is 13.7. The highest BCUT2D eigenvalue weighted by Crippen LogP contribution is 2.41. The first-order valence-corrected chi connectivity index (χ1v) is 8.68. The molecule has 3 fully saturated rings. The molecule has 0 saturated carbocycles. The van der Waals surface area contributed by atoms with E-state index in [1.54, 1.807) is 0 Å². The molecule has 2 aromatic carbocycles. The van der Waals surface area contributed by atoms with Crippen LogP contribution in [0.25, 0.3) is 0 Å². The predicted molar refractivity (Wildman–Crippen MR) is 88.7 cm³/mol. The van der Waals surface area contributed by atoms with E-state index in [2.05, 4.69) is 0 Å². The third-order valence-electron chi connectivity index (χ3n) is 4.83. The minimum atomic E-state index is -0.419. The van der Waals surface area contributed by atoms with Crippen molar-refractivity contribution in [2.75, 3.05) is 13.2 Å². The van der Waals surface area contributed by atoms with Gasteiger partial charge < -0.3 is 23.7 Å². The van der Waals surface area contributed by atoms with Crippen molar-refractivity contribution in [2.24, 2.45) is 0 Å². The van der Waals surface area contributed by atoms with Crippen molar-refractivity contribution in [3.8, 4) is 0 Å². The van der Waals surface area contributed by atoms with E-state index in [0.29, 0.717) is 13.2 Å². The molecule has 0 spiro atoms. The average molecular weight is 340 g/mol. The number of hydrogen-bond donors (Lipinski definition) is 0. The molecule has 3 saturated heterocycles. The highest BCUT2D eigenvalue weighted by atomic mass is 16.8.